The van der Waals surface area contributed by atoms with Crippen molar-refractivity contribution in [1.82, 2.24) is 9.55 Å². The zero-order valence-corrected chi connectivity index (χ0v) is 8.94. The maximum absolute atomic E-state index is 10.7. The molecule has 1 aromatic rings. The lowest BCUT2D eigenvalue weighted by Crippen LogP contribution is -2.18. The SMILES string of the molecule is CCc1cn2c(n1)C(CC(=O)O)CCC2. The number of carboxylic acid groups (broad SMARTS) is 1. The van der Waals surface area contributed by atoms with E-state index in [1.807, 2.05) is 0 Å². The van der Waals surface area contributed by atoms with E-state index in [2.05, 4.69) is 22.7 Å². The fourth-order valence-corrected chi connectivity index (χ4v) is 2.20. The number of nitrogens with zero attached hydrogens (tertiary/aromatic N) is 2. The first kappa shape index (κ1) is 10.2. The lowest BCUT2D eigenvalue weighted by atomic mass is 9.96. The fourth-order valence-electron chi connectivity index (χ4n) is 2.20. The Labute approximate surface area is 88.9 Å². The van der Waals surface area contributed by atoms with Gasteiger partial charge in [0.2, 0.25) is 0 Å². The Kier molecular flexibility index (Phi) is 2.75. The van der Waals surface area contributed by atoms with Crippen LogP contribution in [0.4, 0.5) is 0 Å². The van der Waals surface area contributed by atoms with Gasteiger partial charge in [-0.1, -0.05) is 6.92 Å². The van der Waals surface area contributed by atoms with Crippen LogP contribution in [0.1, 0.15) is 43.6 Å². The minimum absolute atomic E-state index is 0.108. The Hall–Kier alpha value is -1.32. The van der Waals surface area contributed by atoms with Crippen LogP contribution in [-0.2, 0) is 17.8 Å². The molecule has 1 N–H and O–H groups in total. The third kappa shape index (κ3) is 2.03. The average molecular weight is 208 g/mol. The van der Waals surface area contributed by atoms with Gasteiger partial charge in [-0.3, -0.25) is 4.79 Å². The molecular formula is C11H16N2O2. The van der Waals surface area contributed by atoms with E-state index in [-0.39, 0.29) is 12.3 Å². The lowest BCUT2D eigenvalue weighted by Gasteiger charge is -2.21. The third-order valence-electron chi connectivity index (χ3n) is 2.96. The number of hydrogen-bond acceptors (Lipinski definition) is 2. The molecule has 0 amide bonds. The van der Waals surface area contributed by atoms with Crippen LogP contribution in [0.2, 0.25) is 0 Å². The van der Waals surface area contributed by atoms with Crippen LogP contribution in [0.15, 0.2) is 6.20 Å². The number of carbonyl (C=O) groups is 1. The Morgan fingerprint density at radius 3 is 3.20 bits per heavy atom. The molecule has 4 nitrogen and oxygen atoms in total. The van der Waals surface area contributed by atoms with Crippen molar-refractivity contribution in [2.45, 2.75) is 45.1 Å². The van der Waals surface area contributed by atoms with E-state index in [0.29, 0.717) is 0 Å². The van der Waals surface area contributed by atoms with E-state index >= 15 is 0 Å². The number of carboxylic acids is 1. The Balaban J connectivity index is 2.24. The summed E-state index contributed by atoms with van der Waals surface area (Å²) >= 11 is 0. The van der Waals surface area contributed by atoms with Gasteiger partial charge in [0.15, 0.2) is 0 Å². The van der Waals surface area contributed by atoms with Crippen LogP contribution in [0, 0.1) is 0 Å². The predicted octanol–water partition coefficient (Wildman–Crippen LogP) is 1.80. The molecule has 0 saturated heterocycles. The summed E-state index contributed by atoms with van der Waals surface area (Å²) in [5.74, 6) is 0.353. The molecule has 0 spiro atoms. The highest BCUT2D eigenvalue weighted by molar-refractivity contribution is 5.67. The van der Waals surface area contributed by atoms with Gasteiger partial charge >= 0.3 is 5.97 Å². The van der Waals surface area contributed by atoms with Crippen molar-refractivity contribution in [2.24, 2.45) is 0 Å². The van der Waals surface area contributed by atoms with Crippen LogP contribution >= 0.6 is 0 Å². The maximum atomic E-state index is 10.7. The van der Waals surface area contributed by atoms with Crippen molar-refractivity contribution in [1.29, 1.82) is 0 Å². The van der Waals surface area contributed by atoms with Crippen LogP contribution < -0.4 is 0 Å². The second-order valence-corrected chi connectivity index (χ2v) is 4.07. The van der Waals surface area contributed by atoms with Crippen molar-refractivity contribution in [3.8, 4) is 0 Å². The van der Waals surface area contributed by atoms with Gasteiger partial charge in [-0.25, -0.2) is 4.98 Å². The fraction of sp³-hybridized carbons (Fsp3) is 0.636. The van der Waals surface area contributed by atoms with Crippen molar-refractivity contribution < 1.29 is 9.90 Å². The normalized spacial score (nSPS) is 19.9. The van der Waals surface area contributed by atoms with E-state index in [1.54, 1.807) is 0 Å². The third-order valence-corrected chi connectivity index (χ3v) is 2.96. The predicted molar refractivity (Wildman–Crippen MR) is 55.8 cm³/mol. The second-order valence-electron chi connectivity index (χ2n) is 4.07. The molecule has 2 rings (SSSR count). The van der Waals surface area contributed by atoms with E-state index in [4.69, 9.17) is 5.11 Å². The maximum Gasteiger partial charge on any atom is 0.304 e. The van der Waals surface area contributed by atoms with Gasteiger partial charge in [0.1, 0.15) is 5.82 Å². The highest BCUT2D eigenvalue weighted by Gasteiger charge is 2.24. The highest BCUT2D eigenvalue weighted by Crippen LogP contribution is 2.29. The molecule has 2 heterocycles. The van der Waals surface area contributed by atoms with Crippen LogP contribution in [-0.4, -0.2) is 20.6 Å². The largest absolute Gasteiger partial charge is 0.481 e. The van der Waals surface area contributed by atoms with Crippen molar-refractivity contribution in [3.05, 3.63) is 17.7 Å². The summed E-state index contributed by atoms with van der Waals surface area (Å²) in [6.45, 7) is 3.05. The molecule has 1 aromatic heterocycles. The molecule has 1 aliphatic rings. The summed E-state index contributed by atoms with van der Waals surface area (Å²) in [5, 5.41) is 8.82. The molecule has 0 aromatic carbocycles. The molecule has 0 fully saturated rings. The minimum Gasteiger partial charge on any atom is -0.481 e. The van der Waals surface area contributed by atoms with Crippen LogP contribution in [0.25, 0.3) is 0 Å². The standard InChI is InChI=1S/C11H16N2O2/c1-2-9-7-13-5-3-4-8(6-10(14)15)11(13)12-9/h7-8H,2-6H2,1H3,(H,14,15). The molecule has 1 unspecified atom stereocenters. The van der Waals surface area contributed by atoms with E-state index < -0.39 is 5.97 Å². The number of hydrogen-bond donors (Lipinski definition) is 1. The number of imidazole rings is 1. The summed E-state index contributed by atoms with van der Waals surface area (Å²) in [6.07, 6.45) is 5.19. The van der Waals surface area contributed by atoms with Crippen LogP contribution in [0.3, 0.4) is 0 Å². The molecule has 0 aliphatic carbocycles. The molecule has 1 atom stereocenters. The molecule has 0 radical (unpaired) electrons. The number of rotatable bonds is 3. The second kappa shape index (κ2) is 4.04. The Morgan fingerprint density at radius 2 is 2.53 bits per heavy atom. The first-order valence-electron chi connectivity index (χ1n) is 5.48. The van der Waals surface area contributed by atoms with Crippen molar-refractivity contribution in [3.63, 3.8) is 0 Å². The monoisotopic (exact) mass is 208 g/mol. The van der Waals surface area contributed by atoms with Gasteiger partial charge in [0.05, 0.1) is 12.1 Å². The van der Waals surface area contributed by atoms with Crippen LogP contribution in [0.5, 0.6) is 0 Å². The van der Waals surface area contributed by atoms with Crippen molar-refractivity contribution >= 4 is 5.97 Å². The summed E-state index contributed by atoms with van der Waals surface area (Å²) in [5.41, 5.74) is 1.07. The summed E-state index contributed by atoms with van der Waals surface area (Å²) in [4.78, 5) is 15.2. The number of aliphatic carboxylic acids is 1. The molecule has 0 saturated carbocycles. The topological polar surface area (TPSA) is 55.1 Å². The minimum atomic E-state index is -0.727. The highest BCUT2D eigenvalue weighted by atomic mass is 16.4. The first-order chi connectivity index (χ1) is 7.20. The van der Waals surface area contributed by atoms with Gasteiger partial charge < -0.3 is 9.67 Å². The average Bonchev–Trinajstić information content (AvgIpc) is 2.61. The smallest absolute Gasteiger partial charge is 0.304 e. The first-order valence-corrected chi connectivity index (χ1v) is 5.48. The zero-order valence-electron chi connectivity index (χ0n) is 8.94. The summed E-state index contributed by atoms with van der Waals surface area (Å²) in [6, 6.07) is 0. The number of aromatic nitrogens is 2. The van der Waals surface area contributed by atoms with Crippen molar-refractivity contribution in [2.75, 3.05) is 0 Å². The van der Waals surface area contributed by atoms with Gasteiger partial charge in [0.25, 0.3) is 0 Å². The van der Waals surface area contributed by atoms with E-state index in [1.165, 1.54) is 0 Å². The number of aryl methyl sites for hydroxylation is 2. The molecular weight excluding hydrogens is 192 g/mol. The lowest BCUT2D eigenvalue weighted by molar-refractivity contribution is -0.137. The zero-order chi connectivity index (χ0) is 10.8. The van der Waals surface area contributed by atoms with Gasteiger partial charge in [-0.05, 0) is 19.3 Å². The molecule has 1 aliphatic heterocycles. The van der Waals surface area contributed by atoms with Gasteiger partial charge in [0, 0.05) is 18.7 Å². The van der Waals surface area contributed by atoms with E-state index in [9.17, 15) is 4.79 Å². The Bertz CT molecular complexity index is 371. The summed E-state index contributed by atoms with van der Waals surface area (Å²) in [7, 11) is 0. The number of fused-ring (bicyclic) bond motifs is 1. The van der Waals surface area contributed by atoms with Gasteiger partial charge in [-0.15, -0.1) is 0 Å². The summed E-state index contributed by atoms with van der Waals surface area (Å²) < 4.78 is 2.12. The van der Waals surface area contributed by atoms with Gasteiger partial charge in [-0.2, -0.15) is 0 Å². The molecule has 4 heteroatoms. The quantitative estimate of drug-likeness (QED) is 0.824. The Morgan fingerprint density at radius 1 is 1.73 bits per heavy atom. The molecule has 15 heavy (non-hydrogen) atoms. The molecule has 0 bridgehead atoms. The molecule has 82 valence electrons. The van der Waals surface area contributed by atoms with E-state index in [0.717, 1.165) is 37.3 Å².